The van der Waals surface area contributed by atoms with Gasteiger partial charge in [0.05, 0.1) is 7.11 Å². The number of nitrogens with zero attached hydrogens (tertiary/aromatic N) is 1. The highest BCUT2D eigenvalue weighted by Gasteiger charge is 2.14. The summed E-state index contributed by atoms with van der Waals surface area (Å²) in [5, 5.41) is 1.79. The molecule has 2 aromatic carbocycles. The lowest BCUT2D eigenvalue weighted by Gasteiger charge is -2.10. The van der Waals surface area contributed by atoms with Crippen molar-refractivity contribution in [3.8, 4) is 11.1 Å². The fraction of sp³-hybridized carbons (Fsp3) is 0.0588. The van der Waals surface area contributed by atoms with Crippen molar-refractivity contribution in [2.75, 3.05) is 7.11 Å². The zero-order valence-corrected chi connectivity index (χ0v) is 11.5. The van der Waals surface area contributed by atoms with Crippen LogP contribution >= 0.6 is 0 Å². The van der Waals surface area contributed by atoms with Gasteiger partial charge in [-0.1, -0.05) is 54.6 Å². The van der Waals surface area contributed by atoms with Crippen molar-refractivity contribution in [2.45, 2.75) is 0 Å². The van der Waals surface area contributed by atoms with Crippen LogP contribution in [0.4, 0.5) is 0 Å². The monoisotopic (exact) mass is 278 g/mol. The van der Waals surface area contributed by atoms with Crippen molar-refractivity contribution >= 4 is 16.7 Å². The summed E-state index contributed by atoms with van der Waals surface area (Å²) in [5.41, 5.74) is 4.74. The number of aromatic nitrogens is 1. The fourth-order valence-electron chi connectivity index (χ4n) is 2.36. The lowest BCUT2D eigenvalue weighted by Crippen LogP contribution is -2.23. The van der Waals surface area contributed by atoms with Crippen LogP contribution in [0.25, 0.3) is 21.9 Å². The van der Waals surface area contributed by atoms with E-state index < -0.39 is 0 Å². The van der Waals surface area contributed by atoms with Crippen LogP contribution in [0, 0.1) is 0 Å². The standard InChI is InChI=1S/C17H14N2O2/c1-21-19-17(20)16-14-10-6-5-9-13(14)15(11-18-16)12-7-3-2-4-8-12/h2-11H,1H3,(H,19,20). The molecule has 1 N–H and O–H groups in total. The molecule has 0 aliphatic rings. The second-order valence-electron chi connectivity index (χ2n) is 4.57. The smallest absolute Gasteiger partial charge is 0.277 e. The van der Waals surface area contributed by atoms with E-state index in [1.165, 1.54) is 7.11 Å². The van der Waals surface area contributed by atoms with Gasteiger partial charge in [-0.15, -0.1) is 0 Å². The summed E-state index contributed by atoms with van der Waals surface area (Å²) in [6.07, 6.45) is 1.72. The van der Waals surface area contributed by atoms with Crippen molar-refractivity contribution in [1.82, 2.24) is 10.5 Å². The number of fused-ring (bicyclic) bond motifs is 1. The van der Waals surface area contributed by atoms with Crippen molar-refractivity contribution in [1.29, 1.82) is 0 Å². The number of benzene rings is 2. The molecule has 104 valence electrons. The number of carbonyl (C=O) groups is 1. The van der Waals surface area contributed by atoms with Crippen molar-refractivity contribution in [3.63, 3.8) is 0 Å². The molecule has 0 aliphatic heterocycles. The van der Waals surface area contributed by atoms with Gasteiger partial charge in [-0.3, -0.25) is 9.63 Å². The van der Waals surface area contributed by atoms with Crippen molar-refractivity contribution in [3.05, 3.63) is 66.5 Å². The van der Waals surface area contributed by atoms with Crippen molar-refractivity contribution < 1.29 is 9.63 Å². The van der Waals surface area contributed by atoms with E-state index in [2.05, 4.69) is 15.3 Å². The zero-order valence-electron chi connectivity index (χ0n) is 11.5. The molecule has 0 bridgehead atoms. The highest BCUT2D eigenvalue weighted by molar-refractivity contribution is 6.08. The summed E-state index contributed by atoms with van der Waals surface area (Å²) < 4.78 is 0. The minimum absolute atomic E-state index is 0.353. The summed E-state index contributed by atoms with van der Waals surface area (Å²) in [6, 6.07) is 17.7. The molecular formula is C17H14N2O2. The number of hydrogen-bond donors (Lipinski definition) is 1. The first-order valence-corrected chi connectivity index (χ1v) is 6.58. The topological polar surface area (TPSA) is 51.2 Å². The molecule has 1 amide bonds. The lowest BCUT2D eigenvalue weighted by atomic mass is 9.99. The SMILES string of the molecule is CONC(=O)c1ncc(-c2ccccc2)c2ccccc12. The normalized spacial score (nSPS) is 10.5. The largest absolute Gasteiger partial charge is 0.294 e. The average molecular weight is 278 g/mol. The molecule has 3 aromatic rings. The maximum Gasteiger partial charge on any atom is 0.294 e. The quantitative estimate of drug-likeness (QED) is 0.748. The second kappa shape index (κ2) is 5.73. The van der Waals surface area contributed by atoms with Gasteiger partial charge in [0.2, 0.25) is 0 Å². The van der Waals surface area contributed by atoms with Crippen molar-refractivity contribution in [2.24, 2.45) is 0 Å². The number of nitrogens with one attached hydrogen (secondary N) is 1. The molecule has 1 aromatic heterocycles. The van der Waals surface area contributed by atoms with Crippen LogP contribution in [0.5, 0.6) is 0 Å². The molecule has 1 heterocycles. The van der Waals surface area contributed by atoms with Gasteiger partial charge in [0.25, 0.3) is 5.91 Å². The van der Waals surface area contributed by atoms with E-state index >= 15 is 0 Å². The lowest BCUT2D eigenvalue weighted by molar-refractivity contribution is 0.0534. The van der Waals surface area contributed by atoms with Gasteiger partial charge in [-0.05, 0) is 10.9 Å². The molecule has 0 spiro atoms. The van der Waals surface area contributed by atoms with Crippen LogP contribution in [0.1, 0.15) is 10.5 Å². The number of amides is 1. The Labute approximate surface area is 122 Å². The molecule has 0 fully saturated rings. The molecule has 0 radical (unpaired) electrons. The molecule has 0 atom stereocenters. The minimum Gasteiger partial charge on any atom is -0.277 e. The van der Waals surface area contributed by atoms with Gasteiger partial charge in [0.15, 0.2) is 0 Å². The Morgan fingerprint density at radius 1 is 1.00 bits per heavy atom. The van der Waals surface area contributed by atoms with Gasteiger partial charge in [-0.2, -0.15) is 0 Å². The van der Waals surface area contributed by atoms with Gasteiger partial charge >= 0.3 is 0 Å². The van der Waals surface area contributed by atoms with Crippen LogP contribution in [0.15, 0.2) is 60.8 Å². The average Bonchev–Trinajstić information content (AvgIpc) is 2.55. The number of hydrogen-bond acceptors (Lipinski definition) is 3. The van der Waals surface area contributed by atoms with Crippen LogP contribution in [0.3, 0.4) is 0 Å². The summed E-state index contributed by atoms with van der Waals surface area (Å²) in [6.45, 7) is 0. The Bertz CT molecular complexity index is 785. The molecule has 0 aliphatic carbocycles. The van der Waals surface area contributed by atoms with E-state index in [1.807, 2.05) is 54.6 Å². The van der Waals surface area contributed by atoms with E-state index in [0.29, 0.717) is 5.69 Å². The van der Waals surface area contributed by atoms with Gasteiger partial charge < -0.3 is 0 Å². The van der Waals surface area contributed by atoms with E-state index in [-0.39, 0.29) is 5.91 Å². The zero-order chi connectivity index (χ0) is 14.7. The Morgan fingerprint density at radius 3 is 2.38 bits per heavy atom. The van der Waals surface area contributed by atoms with E-state index in [0.717, 1.165) is 21.9 Å². The fourth-order valence-corrected chi connectivity index (χ4v) is 2.36. The van der Waals surface area contributed by atoms with Crippen LogP contribution in [-0.2, 0) is 4.84 Å². The predicted molar refractivity (Wildman–Crippen MR) is 81.7 cm³/mol. The summed E-state index contributed by atoms with van der Waals surface area (Å²) in [4.78, 5) is 21.0. The molecular weight excluding hydrogens is 264 g/mol. The third-order valence-electron chi connectivity index (χ3n) is 3.29. The van der Waals surface area contributed by atoms with Gasteiger partial charge in [0.1, 0.15) is 5.69 Å². The maximum absolute atomic E-state index is 12.0. The third-order valence-corrected chi connectivity index (χ3v) is 3.29. The van der Waals surface area contributed by atoms with E-state index in [4.69, 9.17) is 0 Å². The first-order chi connectivity index (χ1) is 10.3. The first-order valence-electron chi connectivity index (χ1n) is 6.58. The van der Waals surface area contributed by atoms with E-state index in [9.17, 15) is 4.79 Å². The first kappa shape index (κ1) is 13.3. The molecule has 0 unspecified atom stereocenters. The summed E-state index contributed by atoms with van der Waals surface area (Å²) in [5.74, 6) is -0.353. The van der Waals surface area contributed by atoms with E-state index in [1.54, 1.807) is 6.20 Å². The summed E-state index contributed by atoms with van der Waals surface area (Å²) in [7, 11) is 1.40. The second-order valence-corrected chi connectivity index (χ2v) is 4.57. The Morgan fingerprint density at radius 2 is 1.67 bits per heavy atom. The Balaban J connectivity index is 2.22. The Hall–Kier alpha value is -2.72. The highest BCUT2D eigenvalue weighted by Crippen LogP contribution is 2.29. The van der Waals surface area contributed by atoms with Gasteiger partial charge in [0, 0.05) is 17.1 Å². The van der Waals surface area contributed by atoms with Gasteiger partial charge in [-0.25, -0.2) is 10.5 Å². The Kier molecular flexibility index (Phi) is 3.62. The molecule has 0 saturated carbocycles. The molecule has 4 heteroatoms. The van der Waals surface area contributed by atoms with Crippen LogP contribution in [0.2, 0.25) is 0 Å². The maximum atomic E-state index is 12.0. The number of rotatable bonds is 3. The molecule has 21 heavy (non-hydrogen) atoms. The van der Waals surface area contributed by atoms with Crippen LogP contribution in [-0.4, -0.2) is 18.0 Å². The number of carbonyl (C=O) groups excluding carboxylic acids is 1. The third kappa shape index (κ3) is 2.49. The molecule has 4 nitrogen and oxygen atoms in total. The minimum atomic E-state index is -0.353. The van der Waals surface area contributed by atoms with Crippen LogP contribution < -0.4 is 5.48 Å². The molecule has 3 rings (SSSR count). The summed E-state index contributed by atoms with van der Waals surface area (Å²) >= 11 is 0. The highest BCUT2D eigenvalue weighted by atomic mass is 16.6. The number of pyridine rings is 1. The number of hydroxylamine groups is 1. The predicted octanol–water partition coefficient (Wildman–Crippen LogP) is 3.19. The molecule has 0 saturated heterocycles.